The monoisotopic (exact) mass is 263 g/mol. The molecule has 1 amide bonds. The van der Waals surface area contributed by atoms with Crippen LogP contribution in [-0.4, -0.2) is 42.6 Å². The molecule has 102 valence electrons. The lowest BCUT2D eigenvalue weighted by atomic mass is 10.0. The number of carbonyl (C=O) groups excluding carboxylic acids is 2. The maximum absolute atomic E-state index is 12.3. The van der Waals surface area contributed by atoms with E-state index >= 15 is 0 Å². The van der Waals surface area contributed by atoms with Crippen LogP contribution in [-0.2, 0) is 9.53 Å². The Labute approximate surface area is 111 Å². The molecule has 0 atom stereocenters. The summed E-state index contributed by atoms with van der Waals surface area (Å²) in [7, 11) is 1.32. The van der Waals surface area contributed by atoms with Crippen LogP contribution in [0, 0.1) is 0 Å². The van der Waals surface area contributed by atoms with Crippen LogP contribution in [0.25, 0.3) is 0 Å². The number of piperazine rings is 1. The summed E-state index contributed by atoms with van der Waals surface area (Å²) in [6.45, 7) is 4.95. The number of aromatic nitrogens is 1. The Hall–Kier alpha value is -1.95. The summed E-state index contributed by atoms with van der Waals surface area (Å²) in [6.07, 6.45) is 1.42. The van der Waals surface area contributed by atoms with Gasteiger partial charge in [0.15, 0.2) is 0 Å². The zero-order valence-corrected chi connectivity index (χ0v) is 11.3. The van der Waals surface area contributed by atoms with Gasteiger partial charge in [0.2, 0.25) is 5.91 Å². The van der Waals surface area contributed by atoms with Crippen molar-refractivity contribution in [2.75, 3.05) is 25.1 Å². The zero-order chi connectivity index (χ0) is 14.0. The summed E-state index contributed by atoms with van der Waals surface area (Å²) in [6, 6.07) is 3.27. The highest BCUT2D eigenvalue weighted by Crippen LogP contribution is 2.19. The molecule has 0 radical (unpaired) electrons. The average Bonchev–Trinajstić information content (AvgIpc) is 2.41. The molecule has 0 spiro atoms. The van der Waals surface area contributed by atoms with Crippen molar-refractivity contribution in [1.29, 1.82) is 0 Å². The Morgan fingerprint density at radius 3 is 2.79 bits per heavy atom. The van der Waals surface area contributed by atoms with Crippen LogP contribution in [0.5, 0.6) is 0 Å². The molecule has 2 rings (SSSR count). The molecule has 1 aromatic heterocycles. The molecule has 0 aliphatic carbocycles. The lowest BCUT2D eigenvalue weighted by molar-refractivity contribution is -0.125. The Morgan fingerprint density at radius 1 is 1.47 bits per heavy atom. The summed E-state index contributed by atoms with van der Waals surface area (Å²) >= 11 is 0. The van der Waals surface area contributed by atoms with Crippen molar-refractivity contribution < 1.29 is 14.3 Å². The number of hydrogen-bond donors (Lipinski definition) is 1. The standard InChI is InChI=1S/C13H17N3O3/c1-13(2)12(18)16(7-6-15-13)10-5-4-9(8-14-10)11(17)19-3/h4-5,8,15H,6-7H2,1-3H3. The molecular weight excluding hydrogens is 246 g/mol. The number of rotatable bonds is 2. The fourth-order valence-corrected chi connectivity index (χ4v) is 2.00. The van der Waals surface area contributed by atoms with Crippen LogP contribution in [0.3, 0.4) is 0 Å². The minimum absolute atomic E-state index is 0.0305. The quantitative estimate of drug-likeness (QED) is 0.790. The van der Waals surface area contributed by atoms with E-state index in [-0.39, 0.29) is 5.91 Å². The highest BCUT2D eigenvalue weighted by molar-refractivity contribution is 6.00. The largest absolute Gasteiger partial charge is 0.465 e. The van der Waals surface area contributed by atoms with Gasteiger partial charge in [-0.3, -0.25) is 9.69 Å². The number of carbonyl (C=O) groups is 2. The summed E-state index contributed by atoms with van der Waals surface area (Å²) < 4.78 is 4.61. The highest BCUT2D eigenvalue weighted by Gasteiger charge is 2.36. The summed E-state index contributed by atoms with van der Waals surface area (Å²) in [5.41, 5.74) is -0.228. The SMILES string of the molecule is COC(=O)c1ccc(N2CCNC(C)(C)C2=O)nc1. The van der Waals surface area contributed by atoms with E-state index in [2.05, 4.69) is 15.0 Å². The highest BCUT2D eigenvalue weighted by atomic mass is 16.5. The zero-order valence-electron chi connectivity index (χ0n) is 11.3. The average molecular weight is 263 g/mol. The second-order valence-corrected chi connectivity index (χ2v) is 4.91. The molecule has 1 fully saturated rings. The van der Waals surface area contributed by atoms with Crippen molar-refractivity contribution >= 4 is 17.7 Å². The minimum Gasteiger partial charge on any atom is -0.465 e. The number of anilines is 1. The van der Waals surface area contributed by atoms with Gasteiger partial charge in [-0.25, -0.2) is 9.78 Å². The molecule has 1 saturated heterocycles. The van der Waals surface area contributed by atoms with Gasteiger partial charge in [-0.2, -0.15) is 0 Å². The molecule has 1 aromatic rings. The molecule has 1 N–H and O–H groups in total. The number of nitrogens with zero attached hydrogens (tertiary/aromatic N) is 2. The van der Waals surface area contributed by atoms with Crippen molar-refractivity contribution in [1.82, 2.24) is 10.3 Å². The van der Waals surface area contributed by atoms with Crippen LogP contribution in [0.15, 0.2) is 18.3 Å². The number of esters is 1. The van der Waals surface area contributed by atoms with Crippen molar-refractivity contribution in [3.8, 4) is 0 Å². The van der Waals surface area contributed by atoms with E-state index in [9.17, 15) is 9.59 Å². The first-order valence-electron chi connectivity index (χ1n) is 6.07. The van der Waals surface area contributed by atoms with Crippen LogP contribution in [0.2, 0.25) is 0 Å². The summed E-state index contributed by atoms with van der Waals surface area (Å²) in [5.74, 6) is 0.0790. The lowest BCUT2D eigenvalue weighted by Gasteiger charge is -2.37. The van der Waals surface area contributed by atoms with Gasteiger partial charge in [-0.1, -0.05) is 0 Å². The van der Waals surface area contributed by atoms with Gasteiger partial charge in [0.1, 0.15) is 5.82 Å². The third kappa shape index (κ3) is 2.58. The van der Waals surface area contributed by atoms with E-state index in [0.29, 0.717) is 24.5 Å². The number of ether oxygens (including phenoxy) is 1. The smallest absolute Gasteiger partial charge is 0.339 e. The molecule has 1 aliphatic rings. The lowest BCUT2D eigenvalue weighted by Crippen LogP contribution is -2.61. The Bertz CT molecular complexity index is 496. The fourth-order valence-electron chi connectivity index (χ4n) is 2.00. The normalized spacial score (nSPS) is 18.3. The van der Waals surface area contributed by atoms with Crippen LogP contribution < -0.4 is 10.2 Å². The minimum atomic E-state index is -0.596. The molecule has 0 aromatic carbocycles. The van der Waals surface area contributed by atoms with Gasteiger partial charge in [-0.15, -0.1) is 0 Å². The summed E-state index contributed by atoms with van der Waals surface area (Å²) in [4.78, 5) is 29.4. The molecule has 1 aliphatic heterocycles. The van der Waals surface area contributed by atoms with Gasteiger partial charge < -0.3 is 10.1 Å². The van der Waals surface area contributed by atoms with Crippen molar-refractivity contribution in [3.05, 3.63) is 23.9 Å². The maximum Gasteiger partial charge on any atom is 0.339 e. The van der Waals surface area contributed by atoms with Gasteiger partial charge in [0, 0.05) is 19.3 Å². The third-order valence-electron chi connectivity index (χ3n) is 3.13. The van der Waals surface area contributed by atoms with Crippen LogP contribution in [0.1, 0.15) is 24.2 Å². The van der Waals surface area contributed by atoms with Crippen LogP contribution >= 0.6 is 0 Å². The van der Waals surface area contributed by atoms with E-state index < -0.39 is 11.5 Å². The molecular formula is C13H17N3O3. The number of amides is 1. The molecule has 0 saturated carbocycles. The summed E-state index contributed by atoms with van der Waals surface area (Å²) in [5, 5.41) is 3.15. The van der Waals surface area contributed by atoms with Gasteiger partial charge >= 0.3 is 5.97 Å². The number of hydrogen-bond acceptors (Lipinski definition) is 5. The molecule has 6 heteroatoms. The van der Waals surface area contributed by atoms with Gasteiger partial charge in [-0.05, 0) is 26.0 Å². The topological polar surface area (TPSA) is 71.5 Å². The maximum atomic E-state index is 12.3. The number of nitrogens with one attached hydrogen (secondary N) is 1. The van der Waals surface area contributed by atoms with Crippen molar-refractivity contribution in [2.24, 2.45) is 0 Å². The van der Waals surface area contributed by atoms with E-state index in [4.69, 9.17) is 0 Å². The van der Waals surface area contributed by atoms with Gasteiger partial charge in [0.05, 0.1) is 18.2 Å². The molecule has 0 bridgehead atoms. The molecule has 0 unspecified atom stereocenters. The Balaban J connectivity index is 2.22. The fraction of sp³-hybridized carbons (Fsp3) is 0.462. The van der Waals surface area contributed by atoms with E-state index in [0.717, 1.165) is 0 Å². The van der Waals surface area contributed by atoms with Crippen molar-refractivity contribution in [3.63, 3.8) is 0 Å². The van der Waals surface area contributed by atoms with Gasteiger partial charge in [0.25, 0.3) is 0 Å². The second kappa shape index (κ2) is 4.97. The van der Waals surface area contributed by atoms with E-state index in [1.807, 2.05) is 13.8 Å². The van der Waals surface area contributed by atoms with Crippen molar-refractivity contribution in [2.45, 2.75) is 19.4 Å². The third-order valence-corrected chi connectivity index (χ3v) is 3.13. The number of pyridine rings is 1. The first kappa shape index (κ1) is 13.5. The molecule has 19 heavy (non-hydrogen) atoms. The number of methoxy groups -OCH3 is 1. The Kier molecular flexibility index (Phi) is 3.53. The predicted octanol–water partition coefficient (Wildman–Crippen LogP) is 0.583. The van der Waals surface area contributed by atoms with E-state index in [1.54, 1.807) is 17.0 Å². The second-order valence-electron chi connectivity index (χ2n) is 4.91. The first-order chi connectivity index (χ1) is 8.95. The molecule has 2 heterocycles. The Morgan fingerprint density at radius 2 is 2.21 bits per heavy atom. The predicted molar refractivity (Wildman–Crippen MR) is 70.0 cm³/mol. The first-order valence-corrected chi connectivity index (χ1v) is 6.07. The van der Waals surface area contributed by atoms with E-state index in [1.165, 1.54) is 13.3 Å². The molecule has 6 nitrogen and oxygen atoms in total. The van der Waals surface area contributed by atoms with Crippen LogP contribution in [0.4, 0.5) is 5.82 Å².